The predicted octanol–water partition coefficient (Wildman–Crippen LogP) is 2.57. The first kappa shape index (κ1) is 19.3. The lowest BCUT2D eigenvalue weighted by atomic mass is 10.0. The molecule has 152 valence electrons. The summed E-state index contributed by atoms with van der Waals surface area (Å²) in [7, 11) is 0. The van der Waals surface area contributed by atoms with Crippen LogP contribution < -0.4 is 0 Å². The Kier molecular flexibility index (Phi) is 5.19. The van der Waals surface area contributed by atoms with Crippen LogP contribution in [0.1, 0.15) is 48.8 Å². The summed E-state index contributed by atoms with van der Waals surface area (Å²) in [6.07, 6.45) is 1.53. The molecule has 3 heterocycles. The lowest BCUT2D eigenvalue weighted by Crippen LogP contribution is -2.50. The molecule has 0 aliphatic carbocycles. The number of hydrogen-bond acceptors (Lipinski definition) is 6. The van der Waals surface area contributed by atoms with Crippen LogP contribution in [0.25, 0.3) is 0 Å². The van der Waals surface area contributed by atoms with Crippen molar-refractivity contribution in [1.29, 1.82) is 0 Å². The van der Waals surface area contributed by atoms with E-state index < -0.39 is 0 Å². The standard InChI is InChI=1S/C21H26N6O2/c1-21(2,3)27-19(22-23-24-27)18(16-8-5-4-6-9-16)25-11-13-26(14-12-25)20(28)17-10-7-15-29-17/h4-10,15,18H,11-14H2,1-3H3/t18-/m0/s1. The average Bonchev–Trinajstić information content (AvgIpc) is 3.41. The largest absolute Gasteiger partial charge is 0.459 e. The van der Waals surface area contributed by atoms with Crippen molar-refractivity contribution in [1.82, 2.24) is 30.0 Å². The first-order valence-electron chi connectivity index (χ1n) is 9.85. The average molecular weight is 394 g/mol. The Balaban J connectivity index is 1.59. The molecule has 1 aliphatic heterocycles. The number of rotatable bonds is 4. The summed E-state index contributed by atoms with van der Waals surface area (Å²) in [6, 6.07) is 13.6. The van der Waals surface area contributed by atoms with Crippen molar-refractivity contribution in [3.63, 3.8) is 0 Å². The summed E-state index contributed by atoms with van der Waals surface area (Å²) in [5.41, 5.74) is 0.904. The highest BCUT2D eigenvalue weighted by Crippen LogP contribution is 2.30. The highest BCUT2D eigenvalue weighted by Gasteiger charge is 2.34. The van der Waals surface area contributed by atoms with Gasteiger partial charge in [-0.15, -0.1) is 5.10 Å². The minimum atomic E-state index is -0.233. The Labute approximate surface area is 170 Å². The summed E-state index contributed by atoms with van der Waals surface area (Å²) in [6.45, 7) is 8.98. The summed E-state index contributed by atoms with van der Waals surface area (Å²) >= 11 is 0. The van der Waals surface area contributed by atoms with Gasteiger partial charge in [0.25, 0.3) is 5.91 Å². The number of carbonyl (C=O) groups is 1. The van der Waals surface area contributed by atoms with E-state index in [4.69, 9.17) is 4.42 Å². The Morgan fingerprint density at radius 2 is 1.76 bits per heavy atom. The maximum atomic E-state index is 12.6. The van der Waals surface area contributed by atoms with Crippen molar-refractivity contribution in [2.45, 2.75) is 32.4 Å². The van der Waals surface area contributed by atoms with Gasteiger partial charge in [-0.05, 0) is 48.9 Å². The van der Waals surface area contributed by atoms with Gasteiger partial charge in [-0.2, -0.15) is 0 Å². The van der Waals surface area contributed by atoms with E-state index in [2.05, 4.69) is 53.3 Å². The zero-order chi connectivity index (χ0) is 20.4. The molecule has 0 radical (unpaired) electrons. The van der Waals surface area contributed by atoms with Gasteiger partial charge >= 0.3 is 0 Å². The minimum Gasteiger partial charge on any atom is -0.459 e. The highest BCUT2D eigenvalue weighted by molar-refractivity contribution is 5.91. The van der Waals surface area contributed by atoms with E-state index in [1.165, 1.54) is 6.26 Å². The number of furan rings is 1. The Hall–Kier alpha value is -3.00. The van der Waals surface area contributed by atoms with Gasteiger partial charge in [-0.25, -0.2) is 4.68 Å². The third kappa shape index (κ3) is 3.93. The molecule has 1 aromatic carbocycles. The highest BCUT2D eigenvalue weighted by atomic mass is 16.3. The molecule has 0 unspecified atom stereocenters. The normalized spacial score (nSPS) is 16.7. The maximum absolute atomic E-state index is 12.6. The van der Waals surface area contributed by atoms with E-state index in [1.54, 1.807) is 12.1 Å². The van der Waals surface area contributed by atoms with E-state index in [0.717, 1.165) is 24.5 Å². The zero-order valence-electron chi connectivity index (χ0n) is 17.0. The van der Waals surface area contributed by atoms with E-state index >= 15 is 0 Å². The van der Waals surface area contributed by atoms with Crippen LogP contribution in [0.4, 0.5) is 0 Å². The second-order valence-corrected chi connectivity index (χ2v) is 8.24. The van der Waals surface area contributed by atoms with Crippen LogP contribution >= 0.6 is 0 Å². The number of amides is 1. The maximum Gasteiger partial charge on any atom is 0.289 e. The number of aromatic nitrogens is 4. The number of carbonyl (C=O) groups excluding carboxylic acids is 1. The molecule has 1 amide bonds. The number of piperazine rings is 1. The lowest BCUT2D eigenvalue weighted by Gasteiger charge is -2.39. The number of benzene rings is 1. The molecule has 0 bridgehead atoms. The molecular weight excluding hydrogens is 368 g/mol. The monoisotopic (exact) mass is 394 g/mol. The van der Waals surface area contributed by atoms with Crippen LogP contribution in [0.15, 0.2) is 53.1 Å². The molecule has 0 N–H and O–H groups in total. The molecule has 0 saturated carbocycles. The fraction of sp³-hybridized carbons (Fsp3) is 0.429. The molecule has 8 nitrogen and oxygen atoms in total. The first-order chi connectivity index (χ1) is 13.9. The van der Waals surface area contributed by atoms with Crippen LogP contribution in [0, 0.1) is 0 Å². The molecular formula is C21H26N6O2. The van der Waals surface area contributed by atoms with Crippen molar-refractivity contribution >= 4 is 5.91 Å². The summed E-state index contributed by atoms with van der Waals surface area (Å²) < 4.78 is 7.16. The third-order valence-corrected chi connectivity index (χ3v) is 5.19. The first-order valence-corrected chi connectivity index (χ1v) is 9.85. The van der Waals surface area contributed by atoms with Crippen molar-refractivity contribution in [3.8, 4) is 0 Å². The van der Waals surface area contributed by atoms with Crippen LogP contribution in [-0.2, 0) is 5.54 Å². The fourth-order valence-electron chi connectivity index (χ4n) is 3.74. The molecule has 4 rings (SSSR count). The van der Waals surface area contributed by atoms with Crippen molar-refractivity contribution in [3.05, 3.63) is 65.9 Å². The minimum absolute atomic E-state index is 0.0644. The Bertz CT molecular complexity index is 937. The van der Waals surface area contributed by atoms with Crippen molar-refractivity contribution in [2.24, 2.45) is 0 Å². The van der Waals surface area contributed by atoms with E-state index in [-0.39, 0.29) is 17.5 Å². The second-order valence-electron chi connectivity index (χ2n) is 8.24. The fourth-order valence-corrected chi connectivity index (χ4v) is 3.74. The van der Waals surface area contributed by atoms with Crippen LogP contribution in [0.3, 0.4) is 0 Å². The Morgan fingerprint density at radius 1 is 1.03 bits per heavy atom. The van der Waals surface area contributed by atoms with E-state index in [9.17, 15) is 4.79 Å². The molecule has 29 heavy (non-hydrogen) atoms. The topological polar surface area (TPSA) is 80.3 Å². The lowest BCUT2D eigenvalue weighted by molar-refractivity contribution is 0.0556. The van der Waals surface area contributed by atoms with Crippen LogP contribution in [0.5, 0.6) is 0 Å². The molecule has 1 fully saturated rings. The van der Waals surface area contributed by atoms with Gasteiger partial charge in [0, 0.05) is 26.2 Å². The predicted molar refractivity (Wildman–Crippen MR) is 107 cm³/mol. The quantitative estimate of drug-likeness (QED) is 0.677. The molecule has 8 heteroatoms. The molecule has 3 aromatic rings. The van der Waals surface area contributed by atoms with Crippen molar-refractivity contribution in [2.75, 3.05) is 26.2 Å². The zero-order valence-corrected chi connectivity index (χ0v) is 17.0. The third-order valence-electron chi connectivity index (χ3n) is 5.19. The number of nitrogens with zero attached hydrogens (tertiary/aromatic N) is 6. The molecule has 1 aliphatic rings. The summed E-state index contributed by atoms with van der Waals surface area (Å²) in [5, 5.41) is 12.6. The van der Waals surface area contributed by atoms with Gasteiger partial charge < -0.3 is 9.32 Å². The summed E-state index contributed by atoms with van der Waals surface area (Å²) in [4.78, 5) is 16.8. The molecule has 0 spiro atoms. The van der Waals surface area contributed by atoms with Gasteiger partial charge in [0.2, 0.25) is 0 Å². The van der Waals surface area contributed by atoms with Crippen LogP contribution in [-0.4, -0.2) is 62.1 Å². The number of tetrazole rings is 1. The van der Waals surface area contributed by atoms with Crippen LogP contribution in [0.2, 0.25) is 0 Å². The van der Waals surface area contributed by atoms with Gasteiger partial charge in [-0.3, -0.25) is 9.69 Å². The smallest absolute Gasteiger partial charge is 0.289 e. The summed E-state index contributed by atoms with van der Waals surface area (Å²) in [5.74, 6) is 1.13. The molecule has 2 aromatic heterocycles. The number of hydrogen-bond donors (Lipinski definition) is 0. The van der Waals surface area contributed by atoms with E-state index in [0.29, 0.717) is 18.8 Å². The van der Waals surface area contributed by atoms with Crippen molar-refractivity contribution < 1.29 is 9.21 Å². The molecule has 1 saturated heterocycles. The van der Waals surface area contributed by atoms with Gasteiger partial charge in [0.05, 0.1) is 17.8 Å². The molecule has 1 atom stereocenters. The van der Waals surface area contributed by atoms with Gasteiger partial charge in [0.1, 0.15) is 0 Å². The Morgan fingerprint density at radius 3 is 2.38 bits per heavy atom. The SMILES string of the molecule is CC(C)(C)n1nnnc1[C@H](c1ccccc1)N1CCN(C(=O)c2ccco2)CC1. The second kappa shape index (κ2) is 7.79. The van der Waals surface area contributed by atoms with Gasteiger partial charge in [0.15, 0.2) is 11.6 Å². The van der Waals surface area contributed by atoms with E-state index in [1.807, 2.05) is 27.8 Å². The van der Waals surface area contributed by atoms with Gasteiger partial charge in [-0.1, -0.05) is 30.3 Å².